The van der Waals surface area contributed by atoms with Crippen LogP contribution in [0.3, 0.4) is 0 Å². The molecule has 2 aliphatic heterocycles. The summed E-state index contributed by atoms with van der Waals surface area (Å²) in [4.78, 5) is 21.4. The number of amides is 1. The zero-order chi connectivity index (χ0) is 18.5. The van der Waals surface area contributed by atoms with E-state index in [1.165, 1.54) is 6.42 Å². The van der Waals surface area contributed by atoms with Gasteiger partial charge in [-0.1, -0.05) is 0 Å². The van der Waals surface area contributed by atoms with Gasteiger partial charge in [0.15, 0.2) is 0 Å². The lowest BCUT2D eigenvalue weighted by atomic mass is 9.93. The van der Waals surface area contributed by atoms with Gasteiger partial charge in [0.2, 0.25) is 0 Å². The van der Waals surface area contributed by atoms with E-state index < -0.39 is 0 Å². The Morgan fingerprint density at radius 1 is 1.15 bits per heavy atom. The molecule has 27 heavy (non-hydrogen) atoms. The molecule has 2 aromatic rings. The van der Waals surface area contributed by atoms with Crippen molar-refractivity contribution in [3.8, 4) is 0 Å². The van der Waals surface area contributed by atoms with Crippen LogP contribution in [0.25, 0.3) is 0 Å². The lowest BCUT2D eigenvalue weighted by Gasteiger charge is -2.33. The van der Waals surface area contributed by atoms with Gasteiger partial charge in [-0.3, -0.25) is 9.48 Å². The van der Waals surface area contributed by atoms with Crippen molar-refractivity contribution in [3.05, 3.63) is 42.4 Å². The lowest BCUT2D eigenvalue weighted by Crippen LogP contribution is -2.41. The molecule has 7 heteroatoms. The second-order valence-corrected chi connectivity index (χ2v) is 7.30. The van der Waals surface area contributed by atoms with Crippen LogP contribution in [-0.4, -0.2) is 65.0 Å². The second-order valence-electron chi connectivity index (χ2n) is 7.30. The molecule has 2 aromatic heterocycles. The maximum Gasteiger partial charge on any atom is 0.254 e. The monoisotopic (exact) mass is 369 g/mol. The molecule has 0 bridgehead atoms. The number of morpholine rings is 1. The summed E-state index contributed by atoms with van der Waals surface area (Å²) in [6, 6.07) is 5.74. The summed E-state index contributed by atoms with van der Waals surface area (Å²) in [6.07, 6.45) is 9.09. The van der Waals surface area contributed by atoms with Gasteiger partial charge in [-0.25, -0.2) is 4.98 Å². The quantitative estimate of drug-likeness (QED) is 0.807. The molecule has 4 heterocycles. The van der Waals surface area contributed by atoms with Crippen molar-refractivity contribution in [2.45, 2.75) is 25.8 Å². The van der Waals surface area contributed by atoms with Gasteiger partial charge in [-0.2, -0.15) is 5.10 Å². The Hall–Kier alpha value is -2.41. The van der Waals surface area contributed by atoms with E-state index in [-0.39, 0.29) is 5.91 Å². The topological polar surface area (TPSA) is 63.5 Å². The van der Waals surface area contributed by atoms with Crippen LogP contribution < -0.4 is 4.90 Å². The Kier molecular flexibility index (Phi) is 5.67. The van der Waals surface area contributed by atoms with Gasteiger partial charge in [-0.05, 0) is 43.4 Å². The van der Waals surface area contributed by atoms with Crippen LogP contribution in [0, 0.1) is 5.92 Å². The molecule has 7 nitrogen and oxygen atoms in total. The van der Waals surface area contributed by atoms with E-state index in [4.69, 9.17) is 4.74 Å². The third-order valence-corrected chi connectivity index (χ3v) is 5.55. The highest BCUT2D eigenvalue weighted by Gasteiger charge is 2.22. The zero-order valence-electron chi connectivity index (χ0n) is 15.7. The number of carbonyl (C=O) groups excluding carboxylic acids is 1. The first-order valence-corrected chi connectivity index (χ1v) is 9.85. The number of rotatable bonds is 5. The molecule has 0 aromatic carbocycles. The maximum atomic E-state index is 12.7. The smallest absolute Gasteiger partial charge is 0.254 e. The summed E-state index contributed by atoms with van der Waals surface area (Å²) in [5.74, 6) is 1.72. The fourth-order valence-corrected chi connectivity index (χ4v) is 3.87. The number of aromatic nitrogens is 3. The van der Waals surface area contributed by atoms with Crippen LogP contribution >= 0.6 is 0 Å². The van der Waals surface area contributed by atoms with Gasteiger partial charge >= 0.3 is 0 Å². The first-order valence-electron chi connectivity index (χ1n) is 9.85. The molecule has 0 N–H and O–H groups in total. The maximum absolute atomic E-state index is 12.7. The molecule has 1 amide bonds. The normalized spacial score (nSPS) is 18.7. The largest absolute Gasteiger partial charge is 0.378 e. The summed E-state index contributed by atoms with van der Waals surface area (Å²) in [5.41, 5.74) is 0.725. The molecular weight excluding hydrogens is 342 g/mol. The van der Waals surface area contributed by atoms with E-state index in [1.807, 2.05) is 40.2 Å². The Labute approximate surface area is 159 Å². The van der Waals surface area contributed by atoms with Gasteiger partial charge in [0, 0.05) is 56.9 Å². The third-order valence-electron chi connectivity index (χ3n) is 5.55. The average Bonchev–Trinajstić information content (AvgIpc) is 3.26. The first kappa shape index (κ1) is 18.0. The lowest BCUT2D eigenvalue weighted by molar-refractivity contribution is 0.0303. The van der Waals surface area contributed by atoms with Crippen LogP contribution in [0.1, 0.15) is 29.6 Å². The Balaban J connectivity index is 1.32. The molecule has 0 radical (unpaired) electrons. The molecule has 0 unspecified atom stereocenters. The molecule has 4 rings (SSSR count). The van der Waals surface area contributed by atoms with Gasteiger partial charge < -0.3 is 14.5 Å². The standard InChI is InChI=1S/C20H27N5O2/c26-20(24-12-14-27-15-13-24)18-2-7-21-19(16-18)23-9-3-17(4-10-23)5-11-25-8-1-6-22-25/h1-2,6-8,16-17H,3-5,9-15H2. The van der Waals surface area contributed by atoms with Crippen molar-refractivity contribution >= 4 is 11.7 Å². The Bertz CT molecular complexity index is 735. The first-order chi connectivity index (χ1) is 13.3. The van der Waals surface area contributed by atoms with Crippen molar-refractivity contribution < 1.29 is 9.53 Å². The summed E-state index contributed by atoms with van der Waals surface area (Å²) < 4.78 is 7.35. The average molecular weight is 369 g/mol. The minimum atomic E-state index is 0.0797. The predicted octanol–water partition coefficient (Wildman–Crippen LogP) is 2.06. The SMILES string of the molecule is O=C(c1ccnc(N2CCC(CCn3cccn3)CC2)c1)N1CCOCC1. The number of carbonyl (C=O) groups is 1. The van der Waals surface area contributed by atoms with Crippen molar-refractivity contribution in [2.75, 3.05) is 44.3 Å². The minimum Gasteiger partial charge on any atom is -0.378 e. The van der Waals surface area contributed by atoms with Crippen molar-refractivity contribution in [3.63, 3.8) is 0 Å². The predicted molar refractivity (Wildman–Crippen MR) is 103 cm³/mol. The molecule has 0 spiro atoms. The van der Waals surface area contributed by atoms with Crippen LogP contribution in [0.4, 0.5) is 5.82 Å². The van der Waals surface area contributed by atoms with Crippen LogP contribution in [0.15, 0.2) is 36.8 Å². The molecule has 0 aliphatic carbocycles. The number of ether oxygens (including phenoxy) is 1. The number of piperidine rings is 1. The Morgan fingerprint density at radius 2 is 1.96 bits per heavy atom. The fraction of sp³-hybridized carbons (Fsp3) is 0.550. The van der Waals surface area contributed by atoms with E-state index in [2.05, 4.69) is 15.0 Å². The molecule has 2 saturated heterocycles. The summed E-state index contributed by atoms with van der Waals surface area (Å²) in [7, 11) is 0. The highest BCUT2D eigenvalue weighted by Crippen LogP contribution is 2.25. The van der Waals surface area contributed by atoms with Gasteiger partial charge in [-0.15, -0.1) is 0 Å². The Morgan fingerprint density at radius 3 is 2.70 bits per heavy atom. The van der Waals surface area contributed by atoms with E-state index in [0.717, 1.165) is 49.8 Å². The molecule has 2 aliphatic rings. The summed E-state index contributed by atoms with van der Waals surface area (Å²) in [5, 5.41) is 4.28. The van der Waals surface area contributed by atoms with E-state index in [9.17, 15) is 4.79 Å². The number of anilines is 1. The van der Waals surface area contributed by atoms with Gasteiger partial charge in [0.05, 0.1) is 13.2 Å². The summed E-state index contributed by atoms with van der Waals surface area (Å²) >= 11 is 0. The van der Waals surface area contributed by atoms with Gasteiger partial charge in [0.1, 0.15) is 5.82 Å². The molecule has 0 atom stereocenters. The molecular formula is C20H27N5O2. The van der Waals surface area contributed by atoms with Crippen molar-refractivity contribution in [2.24, 2.45) is 5.92 Å². The number of nitrogens with zero attached hydrogens (tertiary/aromatic N) is 5. The number of aryl methyl sites for hydroxylation is 1. The van der Waals surface area contributed by atoms with Crippen LogP contribution in [-0.2, 0) is 11.3 Å². The van der Waals surface area contributed by atoms with Gasteiger partial charge in [0.25, 0.3) is 5.91 Å². The van der Waals surface area contributed by atoms with E-state index in [1.54, 1.807) is 6.20 Å². The third kappa shape index (κ3) is 4.47. The van der Waals surface area contributed by atoms with Crippen LogP contribution in [0.2, 0.25) is 0 Å². The number of hydrogen-bond acceptors (Lipinski definition) is 5. The van der Waals surface area contributed by atoms with E-state index >= 15 is 0 Å². The molecule has 2 fully saturated rings. The highest BCUT2D eigenvalue weighted by atomic mass is 16.5. The van der Waals surface area contributed by atoms with Crippen molar-refractivity contribution in [1.29, 1.82) is 0 Å². The fourth-order valence-electron chi connectivity index (χ4n) is 3.87. The number of hydrogen-bond donors (Lipinski definition) is 0. The minimum absolute atomic E-state index is 0.0797. The zero-order valence-corrected chi connectivity index (χ0v) is 15.7. The molecule has 144 valence electrons. The van der Waals surface area contributed by atoms with E-state index in [0.29, 0.717) is 26.3 Å². The van der Waals surface area contributed by atoms with Crippen LogP contribution in [0.5, 0.6) is 0 Å². The summed E-state index contributed by atoms with van der Waals surface area (Å²) in [6.45, 7) is 5.54. The van der Waals surface area contributed by atoms with Crippen molar-refractivity contribution in [1.82, 2.24) is 19.7 Å². The highest BCUT2D eigenvalue weighted by molar-refractivity contribution is 5.94. The molecule has 0 saturated carbocycles. The second kappa shape index (κ2) is 8.52. The number of pyridine rings is 1.